The molecule has 0 saturated carbocycles. The molecule has 0 aliphatic carbocycles. The topological polar surface area (TPSA) is 20.2 Å². The van der Waals surface area contributed by atoms with E-state index in [-0.39, 0.29) is 19.0 Å². The van der Waals surface area contributed by atoms with E-state index >= 15 is 0 Å². The van der Waals surface area contributed by atoms with Crippen molar-refractivity contribution >= 4 is 36.2 Å². The lowest BCUT2D eigenvalue weighted by Gasteiger charge is -2.22. The van der Waals surface area contributed by atoms with Crippen LogP contribution in [0.2, 0.25) is 0 Å². The standard InChI is InChI=1S/C20H19OP.ClH/c21-16-15-17-9-7-8-14-20(17)22(18-10-3-1-4-11-18)19-12-5-2-6-13-19;/h1-14,21H,15-16H2;1H. The molecule has 0 spiro atoms. The van der Waals surface area contributed by atoms with Crippen LogP contribution in [-0.4, -0.2) is 11.7 Å². The van der Waals surface area contributed by atoms with E-state index in [9.17, 15) is 5.11 Å². The molecule has 118 valence electrons. The van der Waals surface area contributed by atoms with Crippen molar-refractivity contribution in [1.29, 1.82) is 0 Å². The van der Waals surface area contributed by atoms with Gasteiger partial charge in [-0.25, -0.2) is 0 Å². The van der Waals surface area contributed by atoms with E-state index in [1.165, 1.54) is 21.5 Å². The van der Waals surface area contributed by atoms with Gasteiger partial charge in [-0.1, -0.05) is 84.9 Å². The Morgan fingerprint density at radius 1 is 0.652 bits per heavy atom. The number of halogens is 1. The maximum atomic E-state index is 9.37. The molecule has 3 aromatic carbocycles. The van der Waals surface area contributed by atoms with E-state index in [0.717, 1.165) is 0 Å². The van der Waals surface area contributed by atoms with Gasteiger partial charge in [0.2, 0.25) is 0 Å². The first-order chi connectivity index (χ1) is 10.9. The van der Waals surface area contributed by atoms with Gasteiger partial charge in [0.1, 0.15) is 0 Å². The molecule has 0 aromatic heterocycles. The van der Waals surface area contributed by atoms with Crippen LogP contribution in [0.25, 0.3) is 0 Å². The molecule has 0 atom stereocenters. The molecular weight excluding hydrogens is 323 g/mol. The highest BCUT2D eigenvalue weighted by molar-refractivity contribution is 7.79. The van der Waals surface area contributed by atoms with Crippen molar-refractivity contribution in [2.24, 2.45) is 0 Å². The third-order valence-corrected chi connectivity index (χ3v) is 6.19. The quantitative estimate of drug-likeness (QED) is 0.705. The average molecular weight is 343 g/mol. The lowest BCUT2D eigenvalue weighted by atomic mass is 10.2. The molecule has 3 aromatic rings. The van der Waals surface area contributed by atoms with Crippen LogP contribution >= 0.6 is 20.3 Å². The van der Waals surface area contributed by atoms with Crippen molar-refractivity contribution in [3.63, 3.8) is 0 Å². The van der Waals surface area contributed by atoms with E-state index in [1.54, 1.807) is 0 Å². The number of aliphatic hydroxyl groups is 1. The van der Waals surface area contributed by atoms with Gasteiger partial charge in [0.25, 0.3) is 0 Å². The molecule has 1 nitrogen and oxygen atoms in total. The molecule has 0 radical (unpaired) electrons. The Morgan fingerprint density at radius 3 is 1.65 bits per heavy atom. The predicted octanol–water partition coefficient (Wildman–Crippen LogP) is 3.40. The first-order valence-electron chi connectivity index (χ1n) is 7.49. The maximum absolute atomic E-state index is 9.37. The third kappa shape index (κ3) is 4.20. The highest BCUT2D eigenvalue weighted by Crippen LogP contribution is 2.33. The largest absolute Gasteiger partial charge is 0.396 e. The Kier molecular flexibility index (Phi) is 6.80. The summed E-state index contributed by atoms with van der Waals surface area (Å²) in [5.41, 5.74) is 1.24. The molecule has 0 bridgehead atoms. The monoisotopic (exact) mass is 342 g/mol. The molecule has 0 heterocycles. The number of aliphatic hydroxyl groups excluding tert-OH is 1. The van der Waals surface area contributed by atoms with Gasteiger partial charge in [-0.05, 0) is 35.8 Å². The van der Waals surface area contributed by atoms with Crippen LogP contribution in [0.3, 0.4) is 0 Å². The SMILES string of the molecule is Cl.OCCc1ccccc1P(c1ccccc1)c1ccccc1. The molecule has 0 aliphatic heterocycles. The number of hydrogen-bond donors (Lipinski definition) is 1. The zero-order valence-electron chi connectivity index (χ0n) is 12.8. The van der Waals surface area contributed by atoms with Gasteiger partial charge in [0.05, 0.1) is 0 Å². The summed E-state index contributed by atoms with van der Waals surface area (Å²) in [6.07, 6.45) is 0.703. The first kappa shape index (κ1) is 17.7. The fraction of sp³-hybridized carbons (Fsp3) is 0.100. The van der Waals surface area contributed by atoms with Crippen molar-refractivity contribution in [2.75, 3.05) is 6.61 Å². The van der Waals surface area contributed by atoms with Crippen molar-refractivity contribution < 1.29 is 5.11 Å². The normalized spacial score (nSPS) is 10.3. The Morgan fingerprint density at radius 2 is 1.13 bits per heavy atom. The second-order valence-electron chi connectivity index (χ2n) is 5.11. The number of benzene rings is 3. The van der Waals surface area contributed by atoms with Crippen molar-refractivity contribution in [3.8, 4) is 0 Å². The average Bonchev–Trinajstić information content (AvgIpc) is 2.59. The van der Waals surface area contributed by atoms with Crippen LogP contribution in [0.15, 0.2) is 84.9 Å². The highest BCUT2D eigenvalue weighted by atomic mass is 35.5. The summed E-state index contributed by atoms with van der Waals surface area (Å²) in [6.45, 7) is 0.184. The lowest BCUT2D eigenvalue weighted by molar-refractivity contribution is 0.300. The minimum atomic E-state index is -0.589. The Labute approximate surface area is 145 Å². The molecule has 0 amide bonds. The fourth-order valence-electron chi connectivity index (χ4n) is 2.64. The van der Waals surface area contributed by atoms with Crippen LogP contribution < -0.4 is 15.9 Å². The molecule has 0 fully saturated rings. The molecule has 3 heteroatoms. The van der Waals surface area contributed by atoms with Crippen LogP contribution in [0.5, 0.6) is 0 Å². The zero-order chi connectivity index (χ0) is 15.2. The lowest BCUT2D eigenvalue weighted by Crippen LogP contribution is -2.23. The van der Waals surface area contributed by atoms with Crippen molar-refractivity contribution in [3.05, 3.63) is 90.5 Å². The molecule has 1 N–H and O–H groups in total. The van der Waals surface area contributed by atoms with E-state index in [0.29, 0.717) is 6.42 Å². The molecular formula is C20H20ClOP. The summed E-state index contributed by atoms with van der Waals surface area (Å²) < 4.78 is 0. The van der Waals surface area contributed by atoms with Gasteiger partial charge in [-0.3, -0.25) is 0 Å². The number of rotatable bonds is 5. The molecule has 0 unspecified atom stereocenters. The summed E-state index contributed by atoms with van der Waals surface area (Å²) in [4.78, 5) is 0. The molecule has 0 saturated heterocycles. The highest BCUT2D eigenvalue weighted by Gasteiger charge is 2.18. The van der Waals surface area contributed by atoms with Crippen LogP contribution in [0.1, 0.15) is 5.56 Å². The van der Waals surface area contributed by atoms with Gasteiger partial charge >= 0.3 is 0 Å². The van der Waals surface area contributed by atoms with Crippen molar-refractivity contribution in [2.45, 2.75) is 6.42 Å². The van der Waals surface area contributed by atoms with Gasteiger partial charge in [-0.2, -0.15) is 0 Å². The zero-order valence-corrected chi connectivity index (χ0v) is 14.5. The predicted molar refractivity (Wildman–Crippen MR) is 103 cm³/mol. The summed E-state index contributed by atoms with van der Waals surface area (Å²) >= 11 is 0. The van der Waals surface area contributed by atoms with Gasteiger partial charge in [-0.15, -0.1) is 12.4 Å². The second-order valence-corrected chi connectivity index (χ2v) is 7.29. The molecule has 0 aliphatic rings. The van der Waals surface area contributed by atoms with Gasteiger partial charge in [0, 0.05) is 6.61 Å². The minimum Gasteiger partial charge on any atom is -0.396 e. The Bertz CT molecular complexity index is 676. The van der Waals surface area contributed by atoms with Crippen LogP contribution in [0, 0.1) is 0 Å². The summed E-state index contributed by atoms with van der Waals surface area (Å²) in [6, 6.07) is 29.8. The maximum Gasteiger partial charge on any atom is 0.0471 e. The summed E-state index contributed by atoms with van der Waals surface area (Å²) in [5.74, 6) is 0. The Hall–Kier alpha value is -1.66. The number of hydrogen-bond acceptors (Lipinski definition) is 1. The van der Waals surface area contributed by atoms with E-state index < -0.39 is 7.92 Å². The minimum absolute atomic E-state index is 0. The van der Waals surface area contributed by atoms with E-state index in [4.69, 9.17) is 0 Å². The fourth-order valence-corrected chi connectivity index (χ4v) is 5.15. The van der Waals surface area contributed by atoms with Crippen molar-refractivity contribution in [1.82, 2.24) is 0 Å². The van der Waals surface area contributed by atoms with Gasteiger partial charge in [0.15, 0.2) is 0 Å². The second kappa shape index (κ2) is 8.84. The third-order valence-electron chi connectivity index (χ3n) is 3.64. The van der Waals surface area contributed by atoms with Crippen LogP contribution in [-0.2, 0) is 6.42 Å². The van der Waals surface area contributed by atoms with E-state index in [1.807, 2.05) is 0 Å². The summed E-state index contributed by atoms with van der Waals surface area (Å²) in [7, 11) is -0.589. The smallest absolute Gasteiger partial charge is 0.0471 e. The molecule has 3 rings (SSSR count). The Balaban J connectivity index is 0.00000192. The molecule has 23 heavy (non-hydrogen) atoms. The van der Waals surface area contributed by atoms with E-state index in [2.05, 4.69) is 84.9 Å². The van der Waals surface area contributed by atoms with Crippen LogP contribution in [0.4, 0.5) is 0 Å². The summed E-state index contributed by atoms with van der Waals surface area (Å²) in [5, 5.41) is 13.4. The first-order valence-corrected chi connectivity index (χ1v) is 8.83. The van der Waals surface area contributed by atoms with Gasteiger partial charge < -0.3 is 5.11 Å².